The molecule has 0 saturated carbocycles. The van der Waals surface area contributed by atoms with Crippen LogP contribution in [0.4, 0.5) is 4.39 Å². The minimum atomic E-state index is -0.308. The Kier molecular flexibility index (Phi) is 7.24. The van der Waals surface area contributed by atoms with Gasteiger partial charge in [0.05, 0.1) is 5.69 Å². The minimum absolute atomic E-state index is 0.308. The van der Waals surface area contributed by atoms with Gasteiger partial charge in [-0.1, -0.05) is 36.4 Å². The number of nitrogens with zero attached hydrogens (tertiary/aromatic N) is 4. The second-order valence-electron chi connectivity index (χ2n) is 8.48. The molecule has 0 bridgehead atoms. The molecule has 0 unspecified atom stereocenters. The Hall–Kier alpha value is -3.70. The molecule has 0 aliphatic rings. The van der Waals surface area contributed by atoms with Crippen LogP contribution in [0.1, 0.15) is 25.1 Å². The quantitative estimate of drug-likeness (QED) is 0.291. The molecule has 4 rings (SSSR count). The van der Waals surface area contributed by atoms with Gasteiger partial charge < -0.3 is 4.90 Å². The van der Waals surface area contributed by atoms with E-state index >= 15 is 0 Å². The van der Waals surface area contributed by atoms with E-state index in [4.69, 9.17) is 0 Å². The SMILES string of the molecule is C/C=C(\C(F)=C/C)c1cc(-c2cncc(-c3ccc(CCN(C)C)cc3)c2)c2cccnc2n1. The number of hydrogen-bond acceptors (Lipinski definition) is 4. The van der Waals surface area contributed by atoms with Gasteiger partial charge in [0.2, 0.25) is 0 Å². The maximum absolute atomic E-state index is 14.6. The molecular formula is C29H29FN4. The number of rotatable bonds is 7. The molecule has 4 aromatic rings. The number of likely N-dealkylation sites (N-methyl/N-ethyl adjacent to an activating group) is 1. The maximum atomic E-state index is 14.6. The van der Waals surface area contributed by atoms with Gasteiger partial charge in [0, 0.05) is 47.2 Å². The lowest BCUT2D eigenvalue weighted by Crippen LogP contribution is -2.14. The summed E-state index contributed by atoms with van der Waals surface area (Å²) in [5.41, 5.74) is 6.88. The Morgan fingerprint density at radius 2 is 1.71 bits per heavy atom. The third-order valence-corrected chi connectivity index (χ3v) is 5.84. The molecule has 4 nitrogen and oxygen atoms in total. The zero-order valence-corrected chi connectivity index (χ0v) is 20.1. The molecule has 0 atom stereocenters. The normalized spacial score (nSPS) is 12.5. The van der Waals surface area contributed by atoms with Crippen molar-refractivity contribution in [2.24, 2.45) is 0 Å². The lowest BCUT2D eigenvalue weighted by Gasteiger charge is -2.12. The lowest BCUT2D eigenvalue weighted by molar-refractivity contribution is 0.413. The van der Waals surface area contributed by atoms with Gasteiger partial charge in [-0.3, -0.25) is 4.98 Å². The fourth-order valence-corrected chi connectivity index (χ4v) is 3.96. The number of allylic oxidation sites excluding steroid dienone is 4. The van der Waals surface area contributed by atoms with Gasteiger partial charge in [0.25, 0.3) is 0 Å². The lowest BCUT2D eigenvalue weighted by atomic mass is 9.97. The van der Waals surface area contributed by atoms with Crippen molar-refractivity contribution in [3.05, 3.63) is 96.4 Å². The van der Waals surface area contributed by atoms with Crippen LogP contribution in [-0.2, 0) is 6.42 Å². The summed E-state index contributed by atoms with van der Waals surface area (Å²) in [6, 6.07) is 16.6. The summed E-state index contributed by atoms with van der Waals surface area (Å²) in [4.78, 5) is 15.8. The first-order valence-electron chi connectivity index (χ1n) is 11.4. The van der Waals surface area contributed by atoms with Gasteiger partial charge in [-0.05, 0) is 75.3 Å². The minimum Gasteiger partial charge on any atom is -0.309 e. The monoisotopic (exact) mass is 452 g/mol. The molecule has 0 aliphatic heterocycles. The van der Waals surface area contributed by atoms with Crippen molar-refractivity contribution in [3.8, 4) is 22.3 Å². The molecule has 0 amide bonds. The summed E-state index contributed by atoms with van der Waals surface area (Å²) in [5, 5.41) is 0.903. The largest absolute Gasteiger partial charge is 0.309 e. The second kappa shape index (κ2) is 10.5. The topological polar surface area (TPSA) is 41.9 Å². The van der Waals surface area contributed by atoms with Gasteiger partial charge in [-0.2, -0.15) is 0 Å². The summed E-state index contributed by atoms with van der Waals surface area (Å²) >= 11 is 0. The van der Waals surface area contributed by atoms with Crippen LogP contribution in [0.3, 0.4) is 0 Å². The fourth-order valence-electron chi connectivity index (χ4n) is 3.96. The van der Waals surface area contributed by atoms with Crippen molar-refractivity contribution >= 4 is 16.6 Å². The first kappa shape index (κ1) is 23.5. The summed E-state index contributed by atoms with van der Waals surface area (Å²) in [7, 11) is 4.17. The van der Waals surface area contributed by atoms with Crippen molar-refractivity contribution in [2.45, 2.75) is 20.3 Å². The summed E-state index contributed by atoms with van der Waals surface area (Å²) < 4.78 is 14.6. The third-order valence-electron chi connectivity index (χ3n) is 5.84. The van der Waals surface area contributed by atoms with E-state index < -0.39 is 0 Å². The molecule has 3 heterocycles. The van der Waals surface area contributed by atoms with Crippen LogP contribution in [-0.4, -0.2) is 40.5 Å². The van der Waals surface area contributed by atoms with Crippen LogP contribution in [0, 0.1) is 0 Å². The summed E-state index contributed by atoms with van der Waals surface area (Å²) in [5.74, 6) is -0.308. The number of aromatic nitrogens is 3. The number of fused-ring (bicyclic) bond motifs is 1. The van der Waals surface area contributed by atoms with Crippen LogP contribution in [0.2, 0.25) is 0 Å². The fraction of sp³-hybridized carbons (Fsp3) is 0.207. The van der Waals surface area contributed by atoms with Crippen molar-refractivity contribution < 1.29 is 4.39 Å². The molecule has 0 saturated heterocycles. The molecule has 172 valence electrons. The molecule has 0 aliphatic carbocycles. The Bertz CT molecular complexity index is 1350. The van der Waals surface area contributed by atoms with Gasteiger partial charge in [0.15, 0.2) is 5.65 Å². The van der Waals surface area contributed by atoms with Crippen molar-refractivity contribution in [3.63, 3.8) is 0 Å². The van der Waals surface area contributed by atoms with E-state index in [0.717, 1.165) is 40.6 Å². The Balaban J connectivity index is 1.77. The van der Waals surface area contributed by atoms with Gasteiger partial charge in [-0.25, -0.2) is 14.4 Å². The molecular weight excluding hydrogens is 423 g/mol. The standard InChI is InChI=1S/C29H29FN4/c1-5-24(27(30)6-2)28-17-26(25-8-7-14-32-29(25)33-28)23-16-22(18-31-19-23)21-11-9-20(10-12-21)13-15-34(3)4/h5-12,14,16-19H,13,15H2,1-4H3/b24-5+,27-6+. The highest BCUT2D eigenvalue weighted by Crippen LogP contribution is 2.33. The average molecular weight is 453 g/mol. The van der Waals surface area contributed by atoms with Crippen molar-refractivity contribution in [1.82, 2.24) is 19.9 Å². The predicted molar refractivity (Wildman–Crippen MR) is 139 cm³/mol. The molecule has 0 fully saturated rings. The zero-order chi connectivity index (χ0) is 24.1. The molecule has 0 N–H and O–H groups in total. The highest BCUT2D eigenvalue weighted by Gasteiger charge is 2.14. The Morgan fingerprint density at radius 1 is 0.941 bits per heavy atom. The van der Waals surface area contributed by atoms with Crippen LogP contribution in [0.25, 0.3) is 38.9 Å². The predicted octanol–water partition coefficient (Wildman–Crippen LogP) is 6.74. The van der Waals surface area contributed by atoms with E-state index in [1.54, 1.807) is 19.2 Å². The van der Waals surface area contributed by atoms with E-state index in [2.05, 4.69) is 64.3 Å². The van der Waals surface area contributed by atoms with Gasteiger partial charge >= 0.3 is 0 Å². The Morgan fingerprint density at radius 3 is 2.41 bits per heavy atom. The highest BCUT2D eigenvalue weighted by molar-refractivity contribution is 5.95. The van der Waals surface area contributed by atoms with Crippen LogP contribution in [0.5, 0.6) is 0 Å². The maximum Gasteiger partial charge on any atom is 0.160 e. The summed E-state index contributed by atoms with van der Waals surface area (Å²) in [6.07, 6.45) is 9.61. The molecule has 0 radical (unpaired) electrons. The number of pyridine rings is 3. The van der Waals surface area contributed by atoms with E-state index in [-0.39, 0.29) is 5.83 Å². The zero-order valence-electron chi connectivity index (χ0n) is 20.1. The van der Waals surface area contributed by atoms with Gasteiger partial charge in [0.1, 0.15) is 5.83 Å². The number of hydrogen-bond donors (Lipinski definition) is 0. The second-order valence-corrected chi connectivity index (χ2v) is 8.48. The number of halogens is 1. The first-order chi connectivity index (χ1) is 16.5. The number of benzene rings is 1. The Labute approximate surface area is 200 Å². The highest BCUT2D eigenvalue weighted by atomic mass is 19.1. The molecule has 34 heavy (non-hydrogen) atoms. The van der Waals surface area contributed by atoms with E-state index in [1.807, 2.05) is 37.5 Å². The summed E-state index contributed by atoms with van der Waals surface area (Å²) in [6.45, 7) is 4.51. The van der Waals surface area contributed by atoms with Crippen molar-refractivity contribution in [2.75, 3.05) is 20.6 Å². The van der Waals surface area contributed by atoms with E-state index in [1.165, 1.54) is 11.6 Å². The molecule has 5 heteroatoms. The van der Waals surface area contributed by atoms with Crippen LogP contribution in [0.15, 0.2) is 85.1 Å². The van der Waals surface area contributed by atoms with Crippen LogP contribution < -0.4 is 0 Å². The van der Waals surface area contributed by atoms with Gasteiger partial charge in [-0.15, -0.1) is 0 Å². The molecule has 3 aromatic heterocycles. The van der Waals surface area contributed by atoms with Crippen molar-refractivity contribution in [1.29, 1.82) is 0 Å². The van der Waals surface area contributed by atoms with E-state index in [0.29, 0.717) is 16.9 Å². The van der Waals surface area contributed by atoms with Crippen LogP contribution >= 0.6 is 0 Å². The average Bonchev–Trinajstić information content (AvgIpc) is 2.87. The first-order valence-corrected chi connectivity index (χ1v) is 11.4. The van der Waals surface area contributed by atoms with E-state index in [9.17, 15) is 4.39 Å². The molecule has 0 spiro atoms. The third kappa shape index (κ3) is 5.10. The molecule has 1 aromatic carbocycles. The smallest absolute Gasteiger partial charge is 0.160 e.